The van der Waals surface area contributed by atoms with Gasteiger partial charge in [-0.25, -0.2) is 0 Å². The van der Waals surface area contributed by atoms with Crippen molar-refractivity contribution in [3.63, 3.8) is 0 Å². The monoisotopic (exact) mass is 234 g/mol. The van der Waals surface area contributed by atoms with E-state index < -0.39 is 23.7 Å². The minimum atomic E-state index is -0.517. The Bertz CT molecular complexity index is 390. The first-order chi connectivity index (χ1) is 8.02. The van der Waals surface area contributed by atoms with Gasteiger partial charge in [0.25, 0.3) is 0 Å². The van der Waals surface area contributed by atoms with E-state index >= 15 is 0 Å². The first-order valence-corrected chi connectivity index (χ1v) is 5.65. The molecule has 2 amide bonds. The van der Waals surface area contributed by atoms with Crippen LogP contribution in [0.2, 0.25) is 0 Å². The van der Waals surface area contributed by atoms with E-state index in [0.29, 0.717) is 12.8 Å². The minimum Gasteiger partial charge on any atom is -0.369 e. The fourth-order valence-electron chi connectivity index (χ4n) is 1.80. The second kappa shape index (κ2) is 6.03. The summed E-state index contributed by atoms with van der Waals surface area (Å²) in [7, 11) is 0. The van der Waals surface area contributed by atoms with E-state index in [0.717, 1.165) is 5.56 Å². The van der Waals surface area contributed by atoms with Gasteiger partial charge in [0, 0.05) is 11.8 Å². The van der Waals surface area contributed by atoms with E-state index in [9.17, 15) is 9.59 Å². The van der Waals surface area contributed by atoms with Crippen LogP contribution >= 0.6 is 0 Å². The molecule has 17 heavy (non-hydrogen) atoms. The maximum absolute atomic E-state index is 11.3. The second-order valence-electron chi connectivity index (χ2n) is 4.22. The van der Waals surface area contributed by atoms with Crippen molar-refractivity contribution in [1.82, 2.24) is 0 Å². The van der Waals surface area contributed by atoms with Gasteiger partial charge < -0.3 is 11.5 Å². The SMILES string of the molecule is CC(C(N)=O)C(CCc1ccccc1)C(N)=O. The van der Waals surface area contributed by atoms with Crippen LogP contribution in [0.1, 0.15) is 18.9 Å². The molecule has 1 rings (SSSR count). The highest BCUT2D eigenvalue weighted by molar-refractivity contribution is 5.85. The number of hydrogen-bond acceptors (Lipinski definition) is 2. The Kier molecular flexibility index (Phi) is 4.69. The summed E-state index contributed by atoms with van der Waals surface area (Å²) in [6, 6.07) is 9.76. The van der Waals surface area contributed by atoms with Crippen LogP contribution in [0, 0.1) is 11.8 Å². The van der Waals surface area contributed by atoms with Crippen molar-refractivity contribution in [1.29, 1.82) is 0 Å². The molecule has 0 heterocycles. The first kappa shape index (κ1) is 13.2. The molecule has 0 saturated carbocycles. The largest absolute Gasteiger partial charge is 0.369 e. The van der Waals surface area contributed by atoms with E-state index in [1.807, 2.05) is 30.3 Å². The molecule has 0 radical (unpaired) electrons. The van der Waals surface area contributed by atoms with E-state index in [-0.39, 0.29) is 0 Å². The van der Waals surface area contributed by atoms with E-state index in [4.69, 9.17) is 11.5 Å². The Morgan fingerprint density at radius 1 is 1.12 bits per heavy atom. The summed E-state index contributed by atoms with van der Waals surface area (Å²) in [5.41, 5.74) is 11.6. The van der Waals surface area contributed by atoms with Crippen molar-refractivity contribution in [2.24, 2.45) is 23.3 Å². The molecule has 1 aromatic carbocycles. The van der Waals surface area contributed by atoms with Crippen molar-refractivity contribution >= 4 is 11.8 Å². The number of amides is 2. The molecular formula is C13H18N2O2. The highest BCUT2D eigenvalue weighted by Gasteiger charge is 2.26. The van der Waals surface area contributed by atoms with Crippen LogP contribution in [-0.2, 0) is 16.0 Å². The average Bonchev–Trinajstić information content (AvgIpc) is 2.29. The van der Waals surface area contributed by atoms with Gasteiger partial charge in [-0.2, -0.15) is 0 Å². The molecule has 0 bridgehead atoms. The summed E-state index contributed by atoms with van der Waals surface area (Å²) < 4.78 is 0. The lowest BCUT2D eigenvalue weighted by molar-refractivity contribution is -0.131. The van der Waals surface area contributed by atoms with Gasteiger partial charge in [-0.15, -0.1) is 0 Å². The Morgan fingerprint density at radius 3 is 2.18 bits per heavy atom. The third-order valence-corrected chi connectivity index (χ3v) is 3.00. The van der Waals surface area contributed by atoms with Gasteiger partial charge in [0.2, 0.25) is 11.8 Å². The number of primary amides is 2. The van der Waals surface area contributed by atoms with Crippen LogP contribution in [0.15, 0.2) is 30.3 Å². The Labute approximate surface area is 101 Å². The molecule has 2 unspecified atom stereocenters. The van der Waals surface area contributed by atoms with E-state index in [1.54, 1.807) is 6.92 Å². The fourth-order valence-corrected chi connectivity index (χ4v) is 1.80. The van der Waals surface area contributed by atoms with Crippen LogP contribution < -0.4 is 11.5 Å². The molecule has 2 atom stereocenters. The number of benzene rings is 1. The highest BCUT2D eigenvalue weighted by Crippen LogP contribution is 2.18. The van der Waals surface area contributed by atoms with Crippen LogP contribution in [0.3, 0.4) is 0 Å². The summed E-state index contributed by atoms with van der Waals surface area (Å²) >= 11 is 0. The lowest BCUT2D eigenvalue weighted by atomic mass is 9.87. The highest BCUT2D eigenvalue weighted by atomic mass is 16.2. The van der Waals surface area contributed by atoms with E-state index in [2.05, 4.69) is 0 Å². The Balaban J connectivity index is 2.63. The molecule has 92 valence electrons. The average molecular weight is 234 g/mol. The van der Waals surface area contributed by atoms with Gasteiger partial charge in [0.15, 0.2) is 0 Å². The second-order valence-corrected chi connectivity index (χ2v) is 4.22. The molecule has 0 aliphatic rings. The van der Waals surface area contributed by atoms with Crippen molar-refractivity contribution in [3.05, 3.63) is 35.9 Å². The van der Waals surface area contributed by atoms with Crippen LogP contribution in [0.4, 0.5) is 0 Å². The Morgan fingerprint density at radius 2 is 1.71 bits per heavy atom. The van der Waals surface area contributed by atoms with Crippen molar-refractivity contribution < 1.29 is 9.59 Å². The van der Waals surface area contributed by atoms with E-state index in [1.165, 1.54) is 0 Å². The molecule has 1 aromatic rings. The molecule has 0 saturated heterocycles. The third kappa shape index (κ3) is 3.90. The topological polar surface area (TPSA) is 86.2 Å². The van der Waals surface area contributed by atoms with Crippen LogP contribution in [-0.4, -0.2) is 11.8 Å². The van der Waals surface area contributed by atoms with Gasteiger partial charge in [-0.1, -0.05) is 37.3 Å². The zero-order valence-electron chi connectivity index (χ0n) is 9.93. The molecular weight excluding hydrogens is 216 g/mol. The number of aryl methyl sites for hydroxylation is 1. The molecule has 0 aromatic heterocycles. The summed E-state index contributed by atoms with van der Waals surface area (Å²) in [6.45, 7) is 1.64. The first-order valence-electron chi connectivity index (χ1n) is 5.65. The molecule has 4 heteroatoms. The fraction of sp³-hybridized carbons (Fsp3) is 0.385. The maximum Gasteiger partial charge on any atom is 0.221 e. The molecule has 4 N–H and O–H groups in total. The Hall–Kier alpha value is -1.84. The van der Waals surface area contributed by atoms with Crippen molar-refractivity contribution in [3.8, 4) is 0 Å². The minimum absolute atomic E-state index is 0.466. The van der Waals surface area contributed by atoms with Gasteiger partial charge in [-0.05, 0) is 18.4 Å². The van der Waals surface area contributed by atoms with Gasteiger partial charge in [0.05, 0.1) is 0 Å². The third-order valence-electron chi connectivity index (χ3n) is 3.00. The lowest BCUT2D eigenvalue weighted by Crippen LogP contribution is -2.36. The zero-order valence-corrected chi connectivity index (χ0v) is 9.93. The van der Waals surface area contributed by atoms with Gasteiger partial charge in [0.1, 0.15) is 0 Å². The van der Waals surface area contributed by atoms with Crippen LogP contribution in [0.5, 0.6) is 0 Å². The maximum atomic E-state index is 11.3. The summed E-state index contributed by atoms with van der Waals surface area (Å²) in [4.78, 5) is 22.4. The predicted octanol–water partition coefficient (Wildman–Crippen LogP) is 0.842. The quantitative estimate of drug-likeness (QED) is 0.764. The molecule has 0 fully saturated rings. The summed E-state index contributed by atoms with van der Waals surface area (Å²) in [5.74, 6) is -1.96. The summed E-state index contributed by atoms with van der Waals surface area (Å²) in [6.07, 6.45) is 1.26. The van der Waals surface area contributed by atoms with Gasteiger partial charge >= 0.3 is 0 Å². The molecule has 0 spiro atoms. The normalized spacial score (nSPS) is 13.9. The van der Waals surface area contributed by atoms with Crippen molar-refractivity contribution in [2.75, 3.05) is 0 Å². The predicted molar refractivity (Wildman–Crippen MR) is 65.8 cm³/mol. The number of rotatable bonds is 6. The van der Waals surface area contributed by atoms with Crippen LogP contribution in [0.25, 0.3) is 0 Å². The smallest absolute Gasteiger partial charge is 0.221 e. The lowest BCUT2D eigenvalue weighted by Gasteiger charge is -2.18. The standard InChI is InChI=1S/C13H18N2O2/c1-9(12(14)16)11(13(15)17)8-7-10-5-3-2-4-6-10/h2-6,9,11H,7-8H2,1H3,(H2,14,16)(H2,15,17). The molecule has 0 aliphatic heterocycles. The molecule has 4 nitrogen and oxygen atoms in total. The number of nitrogens with two attached hydrogens (primary N) is 2. The number of carbonyl (C=O) groups is 2. The molecule has 0 aliphatic carbocycles. The number of carbonyl (C=O) groups excluding carboxylic acids is 2. The number of hydrogen-bond donors (Lipinski definition) is 2. The zero-order chi connectivity index (χ0) is 12.8. The van der Waals surface area contributed by atoms with Gasteiger partial charge in [-0.3, -0.25) is 9.59 Å². The van der Waals surface area contributed by atoms with Crippen molar-refractivity contribution in [2.45, 2.75) is 19.8 Å². The summed E-state index contributed by atoms with van der Waals surface area (Å²) in [5, 5.41) is 0.